The van der Waals surface area contributed by atoms with Gasteiger partial charge in [0.1, 0.15) is 6.61 Å². The number of alkyl halides is 3. The van der Waals surface area contributed by atoms with Gasteiger partial charge in [-0.3, -0.25) is 9.89 Å². The van der Waals surface area contributed by atoms with Crippen molar-refractivity contribution in [3.8, 4) is 5.88 Å². The number of aromatic nitrogens is 1. The minimum atomic E-state index is -4.40. The molecule has 0 unspecified atom stereocenters. The lowest BCUT2D eigenvalue weighted by molar-refractivity contribution is -0.137. The Morgan fingerprint density at radius 2 is 1.97 bits per heavy atom. The Hall–Kier alpha value is -2.07. The molecule has 1 aliphatic heterocycles. The normalized spacial score (nSPS) is 16.6. The predicted octanol–water partition coefficient (Wildman–Crippen LogP) is 2.15. The Morgan fingerprint density at radius 1 is 1.24 bits per heavy atom. The third kappa shape index (κ3) is 7.69. The minimum absolute atomic E-state index is 0.0905. The van der Waals surface area contributed by atoms with Gasteiger partial charge in [-0.05, 0) is 26.8 Å². The zero-order valence-electron chi connectivity index (χ0n) is 17.2. The van der Waals surface area contributed by atoms with E-state index in [9.17, 15) is 13.2 Å². The van der Waals surface area contributed by atoms with Crippen LogP contribution in [0, 0.1) is 0 Å². The van der Waals surface area contributed by atoms with Gasteiger partial charge in [0.25, 0.3) is 0 Å². The van der Waals surface area contributed by atoms with Crippen molar-refractivity contribution in [2.75, 3.05) is 52.5 Å². The molecular weight excluding hydrogens is 387 g/mol. The first-order valence-corrected chi connectivity index (χ1v) is 9.73. The number of pyridine rings is 1. The lowest BCUT2D eigenvalue weighted by Gasteiger charge is -2.39. The highest BCUT2D eigenvalue weighted by molar-refractivity contribution is 5.79. The van der Waals surface area contributed by atoms with E-state index in [4.69, 9.17) is 9.47 Å². The van der Waals surface area contributed by atoms with Crippen molar-refractivity contribution in [3.05, 3.63) is 23.9 Å². The van der Waals surface area contributed by atoms with E-state index in [2.05, 4.69) is 39.4 Å². The molecule has 0 aliphatic carbocycles. The van der Waals surface area contributed by atoms with Crippen molar-refractivity contribution in [2.24, 2.45) is 4.99 Å². The summed E-state index contributed by atoms with van der Waals surface area (Å²) in [6, 6.07) is 2.17. The lowest BCUT2D eigenvalue weighted by Crippen LogP contribution is -2.52. The average Bonchev–Trinajstić information content (AvgIpc) is 2.69. The molecule has 1 aromatic rings. The number of hydrogen-bond donors (Lipinski definition) is 2. The van der Waals surface area contributed by atoms with Crippen LogP contribution < -0.4 is 15.4 Å². The molecule has 10 heteroatoms. The number of guanidine groups is 1. The molecule has 0 radical (unpaired) electrons. The molecule has 1 saturated heterocycles. The maximum absolute atomic E-state index is 12.5. The van der Waals surface area contributed by atoms with Gasteiger partial charge in [0.05, 0.1) is 31.9 Å². The van der Waals surface area contributed by atoms with Gasteiger partial charge in [-0.1, -0.05) is 0 Å². The fraction of sp³-hybridized carbons (Fsp3) is 0.684. The zero-order valence-corrected chi connectivity index (χ0v) is 17.2. The molecule has 0 bridgehead atoms. The summed E-state index contributed by atoms with van der Waals surface area (Å²) >= 11 is 0. The molecule has 164 valence electrons. The van der Waals surface area contributed by atoms with E-state index in [1.807, 2.05) is 6.92 Å². The highest BCUT2D eigenvalue weighted by Crippen LogP contribution is 2.29. The van der Waals surface area contributed by atoms with Crippen molar-refractivity contribution < 1.29 is 22.6 Å². The van der Waals surface area contributed by atoms with Crippen molar-refractivity contribution in [3.63, 3.8) is 0 Å². The van der Waals surface area contributed by atoms with Crippen LogP contribution in [0.1, 0.15) is 26.3 Å². The van der Waals surface area contributed by atoms with Crippen molar-refractivity contribution in [2.45, 2.75) is 32.5 Å². The Balaban J connectivity index is 1.80. The second-order valence-electron chi connectivity index (χ2n) is 7.27. The lowest BCUT2D eigenvalue weighted by atomic mass is 10.0. The molecule has 0 atom stereocenters. The van der Waals surface area contributed by atoms with Crippen LogP contribution in [0.2, 0.25) is 0 Å². The number of rotatable bonds is 8. The number of nitrogens with one attached hydrogen (secondary N) is 2. The summed E-state index contributed by atoms with van der Waals surface area (Å²) in [5.74, 6) is 0.813. The Bertz CT molecular complexity index is 644. The summed E-state index contributed by atoms with van der Waals surface area (Å²) in [5.41, 5.74) is -0.889. The van der Waals surface area contributed by atoms with Crippen LogP contribution in [0.25, 0.3) is 0 Å². The summed E-state index contributed by atoms with van der Waals surface area (Å²) in [6.45, 7) is 11.6. The third-order valence-corrected chi connectivity index (χ3v) is 4.54. The molecule has 1 aliphatic rings. The third-order valence-electron chi connectivity index (χ3n) is 4.54. The molecule has 1 aromatic heterocycles. The van der Waals surface area contributed by atoms with Gasteiger partial charge in [-0.2, -0.15) is 13.2 Å². The highest BCUT2D eigenvalue weighted by atomic mass is 19.4. The molecule has 0 spiro atoms. The van der Waals surface area contributed by atoms with Gasteiger partial charge >= 0.3 is 6.18 Å². The molecule has 1 fully saturated rings. The maximum Gasteiger partial charge on any atom is 0.417 e. The molecular formula is C19H30F3N5O2. The van der Waals surface area contributed by atoms with Gasteiger partial charge < -0.3 is 20.1 Å². The monoisotopic (exact) mass is 417 g/mol. The van der Waals surface area contributed by atoms with Crippen LogP contribution in [0.15, 0.2) is 23.3 Å². The van der Waals surface area contributed by atoms with Crippen LogP contribution in [0.4, 0.5) is 13.2 Å². The van der Waals surface area contributed by atoms with E-state index in [-0.39, 0.29) is 18.0 Å². The first-order valence-electron chi connectivity index (χ1n) is 9.73. The fourth-order valence-corrected chi connectivity index (χ4v) is 2.84. The number of ether oxygens (including phenoxy) is 2. The van der Waals surface area contributed by atoms with Crippen molar-refractivity contribution in [1.29, 1.82) is 0 Å². The smallest absolute Gasteiger partial charge is 0.417 e. The second-order valence-corrected chi connectivity index (χ2v) is 7.27. The standard InChI is InChI=1S/C19H30F3N5O2/c1-4-23-17(26-14-18(2,3)27-8-11-28-12-9-27)24-7-10-29-16-6-5-15(13-25-16)19(20,21)22/h5-6,13H,4,7-12,14H2,1-3H3,(H2,23,24,26). The van der Waals surface area contributed by atoms with E-state index in [0.29, 0.717) is 25.6 Å². The van der Waals surface area contributed by atoms with Crippen LogP contribution in [-0.4, -0.2) is 73.9 Å². The number of halogens is 3. The molecule has 7 nitrogen and oxygen atoms in total. The van der Waals surface area contributed by atoms with E-state index in [0.717, 1.165) is 38.6 Å². The van der Waals surface area contributed by atoms with E-state index >= 15 is 0 Å². The van der Waals surface area contributed by atoms with E-state index in [1.165, 1.54) is 6.07 Å². The highest BCUT2D eigenvalue weighted by Gasteiger charge is 2.30. The van der Waals surface area contributed by atoms with Gasteiger partial charge in [-0.25, -0.2) is 4.98 Å². The van der Waals surface area contributed by atoms with Crippen LogP contribution in [0.5, 0.6) is 5.88 Å². The quantitative estimate of drug-likeness (QED) is 0.384. The topological polar surface area (TPSA) is 71.0 Å². The SMILES string of the molecule is CCNC(=NCC(C)(C)N1CCOCC1)NCCOc1ccc(C(F)(F)F)cn1. The summed E-state index contributed by atoms with van der Waals surface area (Å²) in [7, 11) is 0. The number of morpholine rings is 1. The average molecular weight is 417 g/mol. The van der Waals surface area contributed by atoms with E-state index < -0.39 is 11.7 Å². The molecule has 0 amide bonds. The largest absolute Gasteiger partial charge is 0.476 e. The molecule has 2 heterocycles. The summed E-state index contributed by atoms with van der Waals surface area (Å²) in [6.07, 6.45) is -3.64. The van der Waals surface area contributed by atoms with Crippen molar-refractivity contribution in [1.82, 2.24) is 20.5 Å². The zero-order chi connectivity index (χ0) is 21.3. The number of hydrogen-bond acceptors (Lipinski definition) is 5. The number of aliphatic imine (C=N–C) groups is 1. The first-order chi connectivity index (χ1) is 13.7. The molecule has 29 heavy (non-hydrogen) atoms. The molecule has 2 rings (SSSR count). The summed E-state index contributed by atoms with van der Waals surface area (Å²) in [5, 5.41) is 6.35. The Labute approximate surface area is 169 Å². The molecule has 0 saturated carbocycles. The van der Waals surface area contributed by atoms with Crippen LogP contribution >= 0.6 is 0 Å². The summed E-state index contributed by atoms with van der Waals surface area (Å²) < 4.78 is 48.4. The Kier molecular flexibility index (Phi) is 8.51. The van der Waals surface area contributed by atoms with Crippen LogP contribution in [-0.2, 0) is 10.9 Å². The molecule has 0 aromatic carbocycles. The van der Waals surface area contributed by atoms with Crippen molar-refractivity contribution >= 4 is 5.96 Å². The second kappa shape index (κ2) is 10.6. The first kappa shape index (κ1) is 23.2. The minimum Gasteiger partial charge on any atom is -0.476 e. The van der Waals surface area contributed by atoms with Gasteiger partial charge in [0.2, 0.25) is 5.88 Å². The van der Waals surface area contributed by atoms with Crippen LogP contribution in [0.3, 0.4) is 0 Å². The van der Waals surface area contributed by atoms with Gasteiger partial charge in [0.15, 0.2) is 5.96 Å². The van der Waals surface area contributed by atoms with Gasteiger partial charge in [0, 0.05) is 37.4 Å². The predicted molar refractivity (Wildman–Crippen MR) is 105 cm³/mol. The van der Waals surface area contributed by atoms with E-state index in [1.54, 1.807) is 0 Å². The fourth-order valence-electron chi connectivity index (χ4n) is 2.84. The maximum atomic E-state index is 12.5. The Morgan fingerprint density at radius 3 is 2.55 bits per heavy atom. The van der Waals surface area contributed by atoms with Gasteiger partial charge in [-0.15, -0.1) is 0 Å². The number of nitrogens with zero attached hydrogens (tertiary/aromatic N) is 3. The summed E-state index contributed by atoms with van der Waals surface area (Å²) in [4.78, 5) is 10.7. The molecule has 2 N–H and O–H groups in total.